The van der Waals surface area contributed by atoms with Crippen molar-refractivity contribution in [1.29, 1.82) is 0 Å². The highest BCUT2D eigenvalue weighted by Crippen LogP contribution is 2.33. The molecular weight excluding hydrogens is 422 g/mol. The van der Waals surface area contributed by atoms with Crippen LogP contribution in [0.1, 0.15) is 11.1 Å². The molecule has 5 aromatic rings. The third kappa shape index (κ3) is 4.47. The van der Waals surface area contributed by atoms with Crippen molar-refractivity contribution in [3.8, 4) is 45.7 Å². The van der Waals surface area contributed by atoms with Gasteiger partial charge in [-0.3, -0.25) is 10.1 Å². The van der Waals surface area contributed by atoms with E-state index in [2.05, 4.69) is 16.8 Å². The molecule has 0 aliphatic carbocycles. The van der Waals surface area contributed by atoms with Gasteiger partial charge in [-0.15, -0.1) is 0 Å². The minimum Gasteiger partial charge on any atom is -0.337 e. The van der Waals surface area contributed by atoms with Crippen molar-refractivity contribution in [3.05, 3.63) is 130 Å². The Morgan fingerprint density at radius 3 is 1.97 bits per heavy atom. The van der Waals surface area contributed by atoms with Crippen molar-refractivity contribution in [3.63, 3.8) is 0 Å². The number of nitrogens with one attached hydrogen (secondary N) is 1. The molecular formula is C29H19N3O2. The second-order valence-electron chi connectivity index (χ2n) is 7.68. The summed E-state index contributed by atoms with van der Waals surface area (Å²) in [4.78, 5) is 19.0. The molecule has 0 saturated carbocycles. The van der Waals surface area contributed by atoms with Gasteiger partial charge in [0, 0.05) is 39.9 Å². The van der Waals surface area contributed by atoms with Gasteiger partial charge < -0.3 is 4.98 Å². The molecule has 5 nitrogen and oxygen atoms in total. The Morgan fingerprint density at radius 2 is 1.29 bits per heavy atom. The molecule has 34 heavy (non-hydrogen) atoms. The number of nitro benzene ring substituents is 1. The maximum atomic E-state index is 11.2. The van der Waals surface area contributed by atoms with E-state index in [4.69, 9.17) is 4.98 Å². The average molecular weight is 441 g/mol. The van der Waals surface area contributed by atoms with Gasteiger partial charge in [0.1, 0.15) is 5.82 Å². The number of nitro groups is 1. The summed E-state index contributed by atoms with van der Waals surface area (Å²) >= 11 is 0. The van der Waals surface area contributed by atoms with Crippen LogP contribution in [0.15, 0.2) is 109 Å². The Morgan fingerprint density at radius 1 is 0.676 bits per heavy atom. The third-order valence-corrected chi connectivity index (χ3v) is 5.38. The number of benzene rings is 4. The number of H-pyrrole nitrogens is 1. The number of non-ortho nitro benzene ring substituents is 1. The largest absolute Gasteiger partial charge is 0.337 e. The molecule has 0 aliphatic rings. The first-order valence-electron chi connectivity index (χ1n) is 10.8. The van der Waals surface area contributed by atoms with Crippen LogP contribution >= 0.6 is 0 Å². The van der Waals surface area contributed by atoms with E-state index >= 15 is 0 Å². The minimum atomic E-state index is -0.402. The topological polar surface area (TPSA) is 71.8 Å². The Balaban J connectivity index is 1.55. The smallest absolute Gasteiger partial charge is 0.270 e. The Kier molecular flexibility index (Phi) is 5.71. The standard InChI is InChI=1S/C29H19N3O2/c33-32(34)26-13-7-12-25(20-26)29-30-27(23-10-5-2-6-11-23)28(31-29)24-18-16-22(17-19-24)15-14-21-8-3-1-4-9-21/h1-13,16-20H,(H,30,31). The molecule has 0 fully saturated rings. The summed E-state index contributed by atoms with van der Waals surface area (Å²) in [5, 5.41) is 11.2. The predicted octanol–water partition coefficient (Wildman–Crippen LogP) is 6.72. The Bertz CT molecular complexity index is 1510. The Labute approximate surface area is 196 Å². The van der Waals surface area contributed by atoms with Crippen molar-refractivity contribution < 1.29 is 4.92 Å². The number of aromatic nitrogens is 2. The van der Waals surface area contributed by atoms with Crippen LogP contribution in [0, 0.1) is 22.0 Å². The monoisotopic (exact) mass is 441 g/mol. The molecule has 0 bridgehead atoms. The first kappa shape index (κ1) is 20.9. The highest BCUT2D eigenvalue weighted by atomic mass is 16.6. The number of hydrogen-bond acceptors (Lipinski definition) is 3. The van der Waals surface area contributed by atoms with Crippen molar-refractivity contribution in [2.45, 2.75) is 0 Å². The summed E-state index contributed by atoms with van der Waals surface area (Å²) in [5.41, 5.74) is 6.09. The summed E-state index contributed by atoms with van der Waals surface area (Å²) in [6.45, 7) is 0. The molecule has 4 aromatic carbocycles. The lowest BCUT2D eigenvalue weighted by Crippen LogP contribution is -1.89. The molecule has 0 saturated heterocycles. The molecule has 5 heteroatoms. The first-order chi connectivity index (χ1) is 16.7. The van der Waals surface area contributed by atoms with Crippen molar-refractivity contribution in [1.82, 2.24) is 9.97 Å². The minimum absolute atomic E-state index is 0.0260. The van der Waals surface area contributed by atoms with Gasteiger partial charge in [-0.05, 0) is 24.3 Å². The van der Waals surface area contributed by atoms with Gasteiger partial charge in [0.05, 0.1) is 16.3 Å². The molecule has 0 atom stereocenters. The van der Waals surface area contributed by atoms with Crippen molar-refractivity contribution in [2.24, 2.45) is 0 Å². The second kappa shape index (κ2) is 9.27. The molecule has 1 aromatic heterocycles. The fraction of sp³-hybridized carbons (Fsp3) is 0. The van der Waals surface area contributed by atoms with Crippen LogP contribution in [-0.4, -0.2) is 14.9 Å². The van der Waals surface area contributed by atoms with Gasteiger partial charge >= 0.3 is 0 Å². The van der Waals surface area contributed by atoms with Gasteiger partial charge in [-0.2, -0.15) is 0 Å². The SMILES string of the molecule is O=[N+]([O-])c1cccc(-c2nc(-c3ccccc3)c(-c3ccc(C#Cc4ccccc4)cc3)[nH]2)c1. The van der Waals surface area contributed by atoms with Crippen LogP contribution in [0.3, 0.4) is 0 Å². The van der Waals surface area contributed by atoms with Crippen LogP contribution in [0.4, 0.5) is 5.69 Å². The summed E-state index contributed by atoms with van der Waals surface area (Å²) in [7, 11) is 0. The van der Waals surface area contributed by atoms with E-state index in [9.17, 15) is 10.1 Å². The van der Waals surface area contributed by atoms with Gasteiger partial charge in [-0.25, -0.2) is 4.98 Å². The molecule has 0 amide bonds. The highest BCUT2D eigenvalue weighted by Gasteiger charge is 2.16. The molecule has 162 valence electrons. The van der Waals surface area contributed by atoms with Crippen molar-refractivity contribution >= 4 is 5.69 Å². The van der Waals surface area contributed by atoms with Crippen LogP contribution in [-0.2, 0) is 0 Å². The zero-order valence-corrected chi connectivity index (χ0v) is 18.1. The van der Waals surface area contributed by atoms with Gasteiger partial charge in [0.25, 0.3) is 5.69 Å². The average Bonchev–Trinajstić information content (AvgIpc) is 3.35. The molecule has 1 N–H and O–H groups in total. The molecule has 0 unspecified atom stereocenters. The lowest BCUT2D eigenvalue weighted by atomic mass is 10.0. The van der Waals surface area contributed by atoms with E-state index in [0.717, 1.165) is 33.6 Å². The van der Waals surface area contributed by atoms with Crippen LogP contribution in [0.25, 0.3) is 33.9 Å². The van der Waals surface area contributed by atoms with E-state index in [-0.39, 0.29) is 5.69 Å². The molecule has 1 heterocycles. The number of nitrogens with zero attached hydrogens (tertiary/aromatic N) is 2. The maximum absolute atomic E-state index is 11.2. The highest BCUT2D eigenvalue weighted by molar-refractivity contribution is 5.81. The lowest BCUT2D eigenvalue weighted by Gasteiger charge is -2.03. The second-order valence-corrected chi connectivity index (χ2v) is 7.68. The lowest BCUT2D eigenvalue weighted by molar-refractivity contribution is -0.384. The number of imidazole rings is 1. The normalized spacial score (nSPS) is 10.4. The zero-order valence-electron chi connectivity index (χ0n) is 18.1. The number of rotatable bonds is 4. The van der Waals surface area contributed by atoms with E-state index in [1.54, 1.807) is 6.07 Å². The molecule has 0 spiro atoms. The van der Waals surface area contributed by atoms with Crippen molar-refractivity contribution in [2.75, 3.05) is 0 Å². The van der Waals surface area contributed by atoms with E-state index < -0.39 is 4.92 Å². The fourth-order valence-electron chi connectivity index (χ4n) is 3.68. The van der Waals surface area contributed by atoms with Gasteiger partial charge in [0.15, 0.2) is 0 Å². The molecule has 0 aliphatic heterocycles. The Hall–Kier alpha value is -4.95. The quantitative estimate of drug-likeness (QED) is 0.191. The van der Waals surface area contributed by atoms with Crippen LogP contribution in [0.2, 0.25) is 0 Å². The van der Waals surface area contributed by atoms with Crippen LogP contribution < -0.4 is 0 Å². The zero-order chi connectivity index (χ0) is 23.3. The fourth-order valence-corrected chi connectivity index (χ4v) is 3.68. The molecule has 5 rings (SSSR count). The third-order valence-electron chi connectivity index (χ3n) is 5.38. The first-order valence-corrected chi connectivity index (χ1v) is 10.8. The summed E-state index contributed by atoms with van der Waals surface area (Å²) in [6.07, 6.45) is 0. The van der Waals surface area contributed by atoms with Crippen LogP contribution in [0.5, 0.6) is 0 Å². The predicted molar refractivity (Wildman–Crippen MR) is 134 cm³/mol. The summed E-state index contributed by atoms with van der Waals surface area (Å²) < 4.78 is 0. The number of hydrogen-bond donors (Lipinski definition) is 1. The van der Waals surface area contributed by atoms with E-state index in [1.165, 1.54) is 12.1 Å². The van der Waals surface area contributed by atoms with Gasteiger partial charge in [0.2, 0.25) is 0 Å². The molecule has 0 radical (unpaired) electrons. The summed E-state index contributed by atoms with van der Waals surface area (Å²) in [6, 6.07) is 34.2. The van der Waals surface area contributed by atoms with E-state index in [1.807, 2.05) is 91.0 Å². The summed E-state index contributed by atoms with van der Waals surface area (Å²) in [5.74, 6) is 6.94. The maximum Gasteiger partial charge on any atom is 0.270 e. The van der Waals surface area contributed by atoms with Gasteiger partial charge in [-0.1, -0.05) is 84.6 Å². The van der Waals surface area contributed by atoms with E-state index in [0.29, 0.717) is 11.4 Å². The number of aromatic amines is 1.